The summed E-state index contributed by atoms with van der Waals surface area (Å²) in [4.78, 5) is 30.6. The first-order valence-corrected chi connectivity index (χ1v) is 13.5. The van der Waals surface area contributed by atoms with Crippen molar-refractivity contribution in [3.05, 3.63) is 21.7 Å². The van der Waals surface area contributed by atoms with Crippen molar-refractivity contribution in [2.45, 2.75) is 111 Å². The van der Waals surface area contributed by atoms with E-state index in [0.29, 0.717) is 6.42 Å². The third kappa shape index (κ3) is 6.59. The minimum Gasteiger partial charge on any atom is -0.458 e. The van der Waals surface area contributed by atoms with Gasteiger partial charge in [0, 0.05) is 17.7 Å². The fraction of sp³-hybridized carbons (Fsp3) is 0.741. The van der Waals surface area contributed by atoms with Crippen molar-refractivity contribution in [3.63, 3.8) is 0 Å². The van der Waals surface area contributed by atoms with Crippen LogP contribution >= 0.6 is 11.3 Å². The number of esters is 1. The summed E-state index contributed by atoms with van der Waals surface area (Å²) in [5, 5.41) is 24.6. The van der Waals surface area contributed by atoms with Crippen LogP contribution in [0.3, 0.4) is 0 Å². The zero-order chi connectivity index (χ0) is 26.1. The first-order valence-electron chi connectivity index (χ1n) is 12.6. The number of hydrogen-bond donors (Lipinski definition) is 2. The third-order valence-corrected chi connectivity index (χ3v) is 8.72. The Labute approximate surface area is 212 Å². The van der Waals surface area contributed by atoms with Crippen LogP contribution in [0.5, 0.6) is 0 Å². The number of aromatic nitrogens is 1. The topological polar surface area (TPSA) is 109 Å². The largest absolute Gasteiger partial charge is 0.458 e. The zero-order valence-electron chi connectivity index (χ0n) is 22.0. The smallest absolute Gasteiger partial charge is 0.309 e. The predicted molar refractivity (Wildman–Crippen MR) is 136 cm³/mol. The van der Waals surface area contributed by atoms with Gasteiger partial charge in [0.25, 0.3) is 0 Å². The number of Topliss-reactive ketones (excluding diaryl/α,β-unsaturated/α-hetero) is 1. The number of fused-ring (bicyclic) bond motifs is 1. The van der Waals surface area contributed by atoms with Crippen molar-refractivity contribution < 1.29 is 29.3 Å². The van der Waals surface area contributed by atoms with Crippen molar-refractivity contribution in [2.24, 2.45) is 17.3 Å². The first kappa shape index (κ1) is 28.0. The molecule has 0 aliphatic carbocycles. The summed E-state index contributed by atoms with van der Waals surface area (Å²) >= 11 is 1.56. The minimum atomic E-state index is -1.23. The maximum Gasteiger partial charge on any atom is 0.309 e. The Kier molecular flexibility index (Phi) is 8.62. The third-order valence-electron chi connectivity index (χ3n) is 7.93. The fourth-order valence-corrected chi connectivity index (χ4v) is 5.64. The normalized spacial score (nSPS) is 37.5. The second kappa shape index (κ2) is 10.8. The highest BCUT2D eigenvalue weighted by Crippen LogP contribution is 2.45. The van der Waals surface area contributed by atoms with E-state index in [4.69, 9.17) is 9.47 Å². The molecule has 0 aromatic carbocycles. The lowest BCUT2D eigenvalue weighted by Gasteiger charge is -2.34. The molecule has 5 unspecified atom stereocenters. The maximum absolute atomic E-state index is 13.2. The Hall–Kier alpha value is -1.61. The summed E-state index contributed by atoms with van der Waals surface area (Å²) in [7, 11) is 0. The molecule has 8 heteroatoms. The van der Waals surface area contributed by atoms with Gasteiger partial charge >= 0.3 is 5.97 Å². The van der Waals surface area contributed by atoms with E-state index in [2.05, 4.69) is 11.9 Å². The van der Waals surface area contributed by atoms with Gasteiger partial charge in [0.15, 0.2) is 0 Å². The number of ether oxygens (including phenoxy) is 2. The molecule has 7 atom stereocenters. The monoisotopic (exact) mass is 512 g/mol. The highest BCUT2D eigenvalue weighted by Gasteiger charge is 2.53. The van der Waals surface area contributed by atoms with Crippen molar-refractivity contribution in [1.29, 1.82) is 0 Å². The van der Waals surface area contributed by atoms with Crippen molar-refractivity contribution in [3.8, 4) is 0 Å². The van der Waals surface area contributed by atoms with E-state index >= 15 is 0 Å². The molecule has 2 aliphatic rings. The van der Waals surface area contributed by atoms with Gasteiger partial charge in [0.2, 0.25) is 0 Å². The SMILES string of the molecule is C/C(=C\c1csc(C)n1)[13CH]1C[C@@H]2O[C@]2(C)[13CH2]CCC(C)[13CH](O)C(C)[13C](=O)C(C)(C)[13CH](O)CC(=O)O1. The van der Waals surface area contributed by atoms with Crippen molar-refractivity contribution >= 4 is 29.2 Å². The van der Waals surface area contributed by atoms with Gasteiger partial charge in [-0.25, -0.2) is 4.98 Å². The predicted octanol–water partition coefficient (Wildman–Crippen LogP) is 4.48. The number of aliphatic hydroxyl groups excluding tert-OH is 2. The number of nitrogens with zero attached hydrogens (tertiary/aromatic N) is 1. The quantitative estimate of drug-likeness (QED) is 0.342. The summed E-state index contributed by atoms with van der Waals surface area (Å²) in [5.41, 5.74) is 0.179. The molecule has 1 aromatic rings. The second-order valence-electron chi connectivity index (χ2n) is 11.3. The number of aryl methyl sites for hydroxylation is 1. The molecule has 0 spiro atoms. The second-order valence-corrected chi connectivity index (χ2v) is 12.3. The molecule has 3 rings (SSSR count). The molecule has 2 aliphatic heterocycles. The van der Waals surface area contributed by atoms with Gasteiger partial charge in [0.1, 0.15) is 11.9 Å². The molecule has 0 saturated carbocycles. The number of cyclic esters (lactones) is 1. The molecule has 35 heavy (non-hydrogen) atoms. The number of aliphatic hydroxyl groups is 2. The van der Waals surface area contributed by atoms with Crippen LogP contribution in [-0.2, 0) is 19.1 Å². The summed E-state index contributed by atoms with van der Waals surface area (Å²) in [5.74, 6) is -1.55. The Morgan fingerprint density at radius 3 is 2.54 bits per heavy atom. The van der Waals surface area contributed by atoms with Gasteiger partial charge in [0.05, 0.1) is 46.5 Å². The van der Waals surface area contributed by atoms with Crippen LogP contribution in [0.2, 0.25) is 0 Å². The van der Waals surface area contributed by atoms with Gasteiger partial charge in [-0.3, -0.25) is 9.59 Å². The Morgan fingerprint density at radius 1 is 1.23 bits per heavy atom. The first-order chi connectivity index (χ1) is 16.2. The number of epoxide rings is 1. The van der Waals surface area contributed by atoms with E-state index in [1.54, 1.807) is 32.1 Å². The lowest BCUT2D eigenvalue weighted by atomic mass is 9.99. The maximum atomic E-state index is 13.2. The molecule has 7 nitrogen and oxygen atoms in total. The fourth-order valence-electron chi connectivity index (χ4n) is 5.07. The molecule has 196 valence electrons. The van der Waals surface area contributed by atoms with E-state index < -0.39 is 35.6 Å². The van der Waals surface area contributed by atoms with E-state index in [-0.39, 0.29) is 29.8 Å². The summed E-state index contributed by atoms with van der Waals surface area (Å²) in [6.07, 6.45) is 1.98. The van der Waals surface area contributed by atoms with E-state index in [1.807, 2.05) is 32.2 Å². The highest BCUT2D eigenvalue weighted by atomic mass is 32.1. The lowest BCUT2D eigenvalue weighted by molar-refractivity contribution is -0.154. The van der Waals surface area contributed by atoms with Gasteiger partial charge in [-0.2, -0.15) is 0 Å². The molecule has 0 amide bonds. The van der Waals surface area contributed by atoms with Gasteiger partial charge in [-0.15, -0.1) is 11.3 Å². The standard InChI is InChI=1S/C27H41NO6S/c1-15-9-8-10-27(7)22(34-27)12-20(16(2)11-19-14-35-18(4)28-19)33-23(30)13-21(29)26(5,6)25(32)17(3)24(15)31/h11,14-15,17,20-22,24,29,31H,8-10,12-13H2,1-7H3/b16-11+/t15?,17?,20?,21?,22-,24?,27+/m0/s1/i10+1,20+1,21+1,24+1,25+1. The molecule has 2 N–H and O–H groups in total. The zero-order valence-corrected chi connectivity index (χ0v) is 22.9. The molecule has 0 bridgehead atoms. The van der Waals surface area contributed by atoms with Crippen LogP contribution in [0.4, 0.5) is 0 Å². The molecule has 0 radical (unpaired) electrons. The molecule has 2 fully saturated rings. The number of thiazole rings is 1. The average molecular weight is 513 g/mol. The number of rotatable bonds is 2. The molecular formula is C27H41NO6S. The van der Waals surface area contributed by atoms with E-state index in [1.165, 1.54) is 0 Å². The molecule has 3 heterocycles. The summed E-state index contributed by atoms with van der Waals surface area (Å²) in [6.45, 7) is 12.8. The summed E-state index contributed by atoms with van der Waals surface area (Å²) < 4.78 is 11.9. The van der Waals surface area contributed by atoms with Crippen LogP contribution in [0.15, 0.2) is 11.0 Å². The van der Waals surface area contributed by atoms with Crippen LogP contribution in [-0.4, -0.2) is 57.0 Å². The van der Waals surface area contributed by atoms with Crippen LogP contribution < -0.4 is 0 Å². The van der Waals surface area contributed by atoms with Crippen LogP contribution in [0.25, 0.3) is 6.08 Å². The minimum absolute atomic E-state index is 0.0455. The van der Waals surface area contributed by atoms with Gasteiger partial charge in [-0.1, -0.05) is 34.1 Å². The Morgan fingerprint density at radius 2 is 1.91 bits per heavy atom. The molecular weight excluding hydrogens is 471 g/mol. The number of ketones is 1. The molecule has 1 aromatic heterocycles. The van der Waals surface area contributed by atoms with Gasteiger partial charge < -0.3 is 19.7 Å². The van der Waals surface area contributed by atoms with E-state index in [0.717, 1.165) is 35.5 Å². The number of carbonyl (C=O) groups excluding carboxylic acids is 2. The number of carbonyl (C=O) groups is 2. The Balaban J connectivity index is 1.85. The van der Waals surface area contributed by atoms with Crippen LogP contribution in [0, 0.1) is 24.2 Å². The van der Waals surface area contributed by atoms with E-state index in [9.17, 15) is 19.8 Å². The average Bonchev–Trinajstić information content (AvgIpc) is 3.22. The number of hydrogen-bond acceptors (Lipinski definition) is 8. The van der Waals surface area contributed by atoms with Crippen LogP contribution in [0.1, 0.15) is 84.3 Å². The molecule has 2 saturated heterocycles. The Bertz CT molecular complexity index is 955. The van der Waals surface area contributed by atoms with Gasteiger partial charge in [-0.05, 0) is 51.2 Å². The van der Waals surface area contributed by atoms with Crippen molar-refractivity contribution in [1.82, 2.24) is 4.98 Å². The lowest BCUT2D eigenvalue weighted by Crippen LogP contribution is -2.45. The van der Waals surface area contributed by atoms with Crippen molar-refractivity contribution in [2.75, 3.05) is 0 Å². The highest BCUT2D eigenvalue weighted by molar-refractivity contribution is 7.09. The summed E-state index contributed by atoms with van der Waals surface area (Å²) in [6, 6.07) is 0.